The van der Waals surface area contributed by atoms with Crippen LogP contribution in [0.15, 0.2) is 48.7 Å². The van der Waals surface area contributed by atoms with Crippen LogP contribution in [0, 0.1) is 5.92 Å². The van der Waals surface area contributed by atoms with Crippen molar-refractivity contribution < 1.29 is 18.0 Å². The van der Waals surface area contributed by atoms with E-state index in [0.717, 1.165) is 44.1 Å². The number of fused-ring (bicyclic) bond motifs is 1. The summed E-state index contributed by atoms with van der Waals surface area (Å²) in [5.74, 6) is 0.649. The van der Waals surface area contributed by atoms with Gasteiger partial charge in [0.15, 0.2) is 6.29 Å². The first-order valence-corrected chi connectivity index (χ1v) is 10.4. The molecule has 1 aromatic heterocycles. The van der Waals surface area contributed by atoms with Crippen molar-refractivity contribution in [2.45, 2.75) is 25.6 Å². The normalized spacial score (nSPS) is 15.3. The lowest BCUT2D eigenvalue weighted by molar-refractivity contribution is -0.136. The molecule has 2 aromatic carbocycles. The summed E-state index contributed by atoms with van der Waals surface area (Å²) in [7, 11) is 0. The molecule has 0 spiro atoms. The van der Waals surface area contributed by atoms with Crippen LogP contribution in [0.3, 0.4) is 0 Å². The molecular formula is C24H24F3N3O. The van der Waals surface area contributed by atoms with Gasteiger partial charge in [-0.3, -0.25) is 9.78 Å². The Kier molecular flexibility index (Phi) is 6.34. The van der Waals surface area contributed by atoms with E-state index in [1.165, 1.54) is 12.3 Å². The molecule has 3 aromatic rings. The maximum Gasteiger partial charge on any atom is 0.418 e. The van der Waals surface area contributed by atoms with Gasteiger partial charge >= 0.3 is 6.18 Å². The van der Waals surface area contributed by atoms with Crippen molar-refractivity contribution in [1.29, 1.82) is 0 Å². The number of nitrogens with zero attached hydrogens (tertiary/aromatic N) is 1. The summed E-state index contributed by atoms with van der Waals surface area (Å²) in [6.07, 6.45) is -0.348. The number of carbonyl (C=O) groups is 1. The van der Waals surface area contributed by atoms with E-state index in [-0.39, 0.29) is 11.1 Å². The van der Waals surface area contributed by atoms with E-state index in [1.54, 1.807) is 6.07 Å². The number of aldehydes is 1. The van der Waals surface area contributed by atoms with Gasteiger partial charge in [-0.1, -0.05) is 30.3 Å². The number of hydrogen-bond donors (Lipinski definition) is 2. The first kappa shape index (κ1) is 21.5. The highest BCUT2D eigenvalue weighted by Gasteiger charge is 2.33. The first-order chi connectivity index (χ1) is 15.0. The van der Waals surface area contributed by atoms with E-state index in [9.17, 15) is 18.0 Å². The van der Waals surface area contributed by atoms with Gasteiger partial charge in [0.1, 0.15) is 0 Å². The molecule has 0 bridgehead atoms. The van der Waals surface area contributed by atoms with Gasteiger partial charge in [-0.25, -0.2) is 0 Å². The van der Waals surface area contributed by atoms with Crippen LogP contribution < -0.4 is 10.6 Å². The van der Waals surface area contributed by atoms with Crippen LogP contribution in [0.1, 0.15) is 34.3 Å². The number of rotatable bonds is 6. The number of hydrogen-bond acceptors (Lipinski definition) is 4. The highest BCUT2D eigenvalue weighted by atomic mass is 19.4. The van der Waals surface area contributed by atoms with Crippen molar-refractivity contribution in [3.8, 4) is 11.1 Å². The smallest absolute Gasteiger partial charge is 0.317 e. The van der Waals surface area contributed by atoms with E-state index >= 15 is 0 Å². The second-order valence-electron chi connectivity index (χ2n) is 7.93. The zero-order valence-electron chi connectivity index (χ0n) is 17.0. The summed E-state index contributed by atoms with van der Waals surface area (Å²) in [5.41, 5.74) is 1.52. The molecule has 0 aliphatic carbocycles. The fourth-order valence-corrected chi connectivity index (χ4v) is 4.22. The van der Waals surface area contributed by atoms with Crippen LogP contribution in [-0.4, -0.2) is 30.9 Å². The third kappa shape index (κ3) is 4.78. The largest absolute Gasteiger partial charge is 0.418 e. The van der Waals surface area contributed by atoms with Gasteiger partial charge in [-0.15, -0.1) is 0 Å². The number of pyridine rings is 1. The van der Waals surface area contributed by atoms with E-state index in [4.69, 9.17) is 0 Å². The molecule has 0 amide bonds. The lowest BCUT2D eigenvalue weighted by Gasteiger charge is -2.22. The standard InChI is InChI=1S/C24H24F3N3O/c25-24(26,27)21-6-2-5-20-22(19(15-31)14-30-23(20)21)18-4-1-3-17(11-18)13-29-12-16-7-9-28-10-8-16/h1-6,11,14-16,28-29H,7-10,12-13H2. The van der Waals surface area contributed by atoms with Gasteiger partial charge in [0, 0.05) is 29.3 Å². The minimum absolute atomic E-state index is 0.148. The molecule has 162 valence electrons. The highest BCUT2D eigenvalue weighted by molar-refractivity contribution is 6.03. The van der Waals surface area contributed by atoms with Crippen molar-refractivity contribution >= 4 is 17.2 Å². The zero-order chi connectivity index (χ0) is 21.8. The summed E-state index contributed by atoms with van der Waals surface area (Å²) in [6.45, 7) is 3.68. The van der Waals surface area contributed by atoms with Crippen LogP contribution in [0.5, 0.6) is 0 Å². The number of carbonyl (C=O) groups excluding carboxylic acids is 1. The van der Waals surface area contributed by atoms with Gasteiger partial charge in [0.25, 0.3) is 0 Å². The Bertz CT molecular complexity index is 1080. The predicted octanol–water partition coefficient (Wildman–Crippen LogP) is 4.82. The van der Waals surface area contributed by atoms with Crippen molar-refractivity contribution in [1.82, 2.24) is 15.6 Å². The van der Waals surface area contributed by atoms with Gasteiger partial charge in [0.2, 0.25) is 0 Å². The minimum Gasteiger partial charge on any atom is -0.317 e. The second-order valence-corrected chi connectivity index (χ2v) is 7.93. The summed E-state index contributed by atoms with van der Waals surface area (Å²) < 4.78 is 40.4. The molecule has 0 unspecified atom stereocenters. The zero-order valence-corrected chi connectivity index (χ0v) is 17.0. The van der Waals surface area contributed by atoms with E-state index < -0.39 is 11.7 Å². The first-order valence-electron chi connectivity index (χ1n) is 10.4. The Hall–Kier alpha value is -2.77. The molecule has 31 heavy (non-hydrogen) atoms. The third-order valence-corrected chi connectivity index (χ3v) is 5.80. The molecule has 1 fully saturated rings. The number of benzene rings is 2. The number of para-hydroxylation sites is 1. The average Bonchev–Trinajstić information content (AvgIpc) is 2.78. The lowest BCUT2D eigenvalue weighted by atomic mass is 9.94. The van der Waals surface area contributed by atoms with Crippen LogP contribution in [-0.2, 0) is 12.7 Å². The number of halogens is 3. The Morgan fingerprint density at radius 2 is 1.90 bits per heavy atom. The summed E-state index contributed by atoms with van der Waals surface area (Å²) >= 11 is 0. The molecule has 4 nitrogen and oxygen atoms in total. The Balaban J connectivity index is 1.66. The average molecular weight is 427 g/mol. The molecule has 1 aliphatic rings. The molecule has 0 saturated carbocycles. The SMILES string of the molecule is O=Cc1cnc2c(C(F)(F)F)cccc2c1-c1cccc(CNCC2CCNCC2)c1. The molecule has 4 rings (SSSR count). The van der Waals surface area contributed by atoms with E-state index in [1.807, 2.05) is 24.3 Å². The van der Waals surface area contributed by atoms with Gasteiger partial charge in [-0.2, -0.15) is 13.2 Å². The van der Waals surface area contributed by atoms with Crippen molar-refractivity contribution in [3.63, 3.8) is 0 Å². The maximum atomic E-state index is 13.5. The van der Waals surface area contributed by atoms with Crippen LogP contribution >= 0.6 is 0 Å². The van der Waals surface area contributed by atoms with Crippen molar-refractivity contribution in [2.75, 3.05) is 19.6 Å². The van der Waals surface area contributed by atoms with E-state index in [2.05, 4.69) is 15.6 Å². The Morgan fingerprint density at radius 3 is 2.65 bits per heavy atom. The lowest BCUT2D eigenvalue weighted by Crippen LogP contribution is -2.33. The van der Waals surface area contributed by atoms with Crippen LogP contribution in [0.25, 0.3) is 22.0 Å². The number of nitrogens with one attached hydrogen (secondary N) is 2. The molecule has 2 heterocycles. The fraction of sp³-hybridized carbons (Fsp3) is 0.333. The van der Waals surface area contributed by atoms with Crippen molar-refractivity contribution in [3.05, 3.63) is 65.4 Å². The van der Waals surface area contributed by atoms with E-state index in [0.29, 0.717) is 35.3 Å². The third-order valence-electron chi connectivity index (χ3n) is 5.80. The Labute approximate surface area is 178 Å². The van der Waals surface area contributed by atoms with Crippen LogP contribution in [0.4, 0.5) is 13.2 Å². The van der Waals surface area contributed by atoms with Crippen LogP contribution in [0.2, 0.25) is 0 Å². The number of piperidine rings is 1. The molecule has 1 saturated heterocycles. The molecule has 0 atom stereocenters. The van der Waals surface area contributed by atoms with Crippen molar-refractivity contribution in [2.24, 2.45) is 5.92 Å². The molecular weight excluding hydrogens is 403 g/mol. The number of alkyl halides is 3. The predicted molar refractivity (Wildman–Crippen MR) is 115 cm³/mol. The second kappa shape index (κ2) is 9.16. The maximum absolute atomic E-state index is 13.5. The minimum atomic E-state index is -4.52. The molecule has 7 heteroatoms. The Morgan fingerprint density at radius 1 is 1.13 bits per heavy atom. The van der Waals surface area contributed by atoms with Gasteiger partial charge < -0.3 is 10.6 Å². The molecule has 2 N–H and O–H groups in total. The monoisotopic (exact) mass is 427 g/mol. The topological polar surface area (TPSA) is 54.0 Å². The summed E-state index contributed by atoms with van der Waals surface area (Å²) in [4.78, 5) is 15.6. The highest BCUT2D eigenvalue weighted by Crippen LogP contribution is 2.38. The van der Waals surface area contributed by atoms with Gasteiger partial charge in [-0.05, 0) is 61.7 Å². The number of aromatic nitrogens is 1. The van der Waals surface area contributed by atoms with Gasteiger partial charge in [0.05, 0.1) is 11.1 Å². The summed E-state index contributed by atoms with van der Waals surface area (Å²) in [5, 5.41) is 7.16. The summed E-state index contributed by atoms with van der Waals surface area (Å²) in [6, 6.07) is 11.5. The molecule has 0 radical (unpaired) electrons. The molecule has 1 aliphatic heterocycles. The fourth-order valence-electron chi connectivity index (χ4n) is 4.22. The quantitative estimate of drug-likeness (QED) is 0.554.